The highest BCUT2D eigenvalue weighted by atomic mass is 16.2. The minimum Gasteiger partial charge on any atom is -0.326 e. The molecule has 1 heterocycles. The highest BCUT2D eigenvalue weighted by molar-refractivity contribution is 5.76. The number of hydrogen-bond donors (Lipinski definition) is 0. The molecule has 0 fully saturated rings. The number of pyridine rings is 1. The van der Waals surface area contributed by atoms with Gasteiger partial charge in [-0.2, -0.15) is 5.26 Å². The molecule has 1 amide bonds. The summed E-state index contributed by atoms with van der Waals surface area (Å²) in [5, 5.41) is 9.10. The summed E-state index contributed by atoms with van der Waals surface area (Å²) >= 11 is 0. The lowest BCUT2D eigenvalue weighted by molar-refractivity contribution is -0.131. The Labute approximate surface area is 95.5 Å². The second-order valence-electron chi connectivity index (χ2n) is 3.57. The molecule has 1 aromatic heterocycles. The third kappa shape index (κ3) is 2.80. The van der Waals surface area contributed by atoms with Crippen LogP contribution < -0.4 is 0 Å². The van der Waals surface area contributed by atoms with Gasteiger partial charge < -0.3 is 4.90 Å². The topological polar surface area (TPSA) is 57.0 Å². The van der Waals surface area contributed by atoms with E-state index in [1.807, 2.05) is 6.92 Å². The molecule has 0 bridgehead atoms. The number of carbonyl (C=O) groups is 1. The first-order valence-electron chi connectivity index (χ1n) is 5.26. The number of aromatic nitrogens is 1. The fraction of sp³-hybridized carbons (Fsp3) is 0.417. The SMILES string of the molecule is CCCC(=O)N(C)C(C#N)c1ccncc1. The van der Waals surface area contributed by atoms with E-state index in [0.29, 0.717) is 6.42 Å². The Kier molecular flexibility index (Phi) is 4.46. The van der Waals surface area contributed by atoms with E-state index in [1.54, 1.807) is 31.6 Å². The first-order valence-corrected chi connectivity index (χ1v) is 5.26. The molecule has 4 nitrogen and oxygen atoms in total. The summed E-state index contributed by atoms with van der Waals surface area (Å²) in [6.07, 6.45) is 4.51. The number of nitriles is 1. The maximum atomic E-state index is 11.7. The third-order valence-electron chi connectivity index (χ3n) is 2.39. The fourth-order valence-corrected chi connectivity index (χ4v) is 1.46. The molecule has 0 radical (unpaired) electrons. The Morgan fingerprint density at radius 1 is 1.56 bits per heavy atom. The van der Waals surface area contributed by atoms with E-state index < -0.39 is 6.04 Å². The lowest BCUT2D eigenvalue weighted by Gasteiger charge is -2.22. The third-order valence-corrected chi connectivity index (χ3v) is 2.39. The Balaban J connectivity index is 2.84. The Bertz CT molecular complexity index is 383. The van der Waals surface area contributed by atoms with Crippen LogP contribution in [0.25, 0.3) is 0 Å². The summed E-state index contributed by atoms with van der Waals surface area (Å²) in [6.45, 7) is 1.94. The molecule has 0 N–H and O–H groups in total. The molecule has 0 aliphatic rings. The van der Waals surface area contributed by atoms with Gasteiger partial charge in [-0.05, 0) is 24.1 Å². The highest BCUT2D eigenvalue weighted by Gasteiger charge is 2.20. The van der Waals surface area contributed by atoms with Gasteiger partial charge in [0.15, 0.2) is 0 Å². The molecule has 0 aliphatic carbocycles. The molecule has 0 saturated carbocycles. The van der Waals surface area contributed by atoms with E-state index in [1.165, 1.54) is 4.90 Å². The molecule has 1 atom stereocenters. The largest absolute Gasteiger partial charge is 0.326 e. The Morgan fingerprint density at radius 2 is 2.19 bits per heavy atom. The first-order chi connectivity index (χ1) is 7.70. The maximum Gasteiger partial charge on any atom is 0.223 e. The van der Waals surface area contributed by atoms with Gasteiger partial charge in [0.1, 0.15) is 6.04 Å². The molecule has 16 heavy (non-hydrogen) atoms. The predicted octanol–water partition coefficient (Wildman–Crippen LogP) is 1.90. The number of nitrogens with zero attached hydrogens (tertiary/aromatic N) is 3. The summed E-state index contributed by atoms with van der Waals surface area (Å²) in [5.41, 5.74) is 0.796. The number of hydrogen-bond acceptors (Lipinski definition) is 3. The van der Waals surface area contributed by atoms with Crippen LogP contribution in [0, 0.1) is 11.3 Å². The van der Waals surface area contributed by atoms with Crippen LogP contribution >= 0.6 is 0 Å². The first kappa shape index (κ1) is 12.2. The number of carbonyl (C=O) groups excluding carboxylic acids is 1. The van der Waals surface area contributed by atoms with Crippen molar-refractivity contribution in [1.82, 2.24) is 9.88 Å². The van der Waals surface area contributed by atoms with Gasteiger partial charge in [-0.15, -0.1) is 0 Å². The van der Waals surface area contributed by atoms with Gasteiger partial charge in [-0.3, -0.25) is 9.78 Å². The van der Waals surface area contributed by atoms with Crippen molar-refractivity contribution in [2.45, 2.75) is 25.8 Å². The van der Waals surface area contributed by atoms with Gasteiger partial charge in [0.25, 0.3) is 0 Å². The van der Waals surface area contributed by atoms with Gasteiger partial charge >= 0.3 is 0 Å². The second kappa shape index (κ2) is 5.86. The van der Waals surface area contributed by atoms with E-state index in [2.05, 4.69) is 11.1 Å². The molecule has 4 heteroatoms. The summed E-state index contributed by atoms with van der Waals surface area (Å²) in [5.74, 6) is -0.00846. The molecule has 84 valence electrons. The molecule has 1 aromatic rings. The van der Waals surface area contributed by atoms with Crippen LogP contribution in [0.4, 0.5) is 0 Å². The smallest absolute Gasteiger partial charge is 0.223 e. The van der Waals surface area contributed by atoms with Crippen LogP contribution in [-0.4, -0.2) is 22.8 Å². The summed E-state index contributed by atoms with van der Waals surface area (Å²) in [7, 11) is 1.66. The maximum absolute atomic E-state index is 11.7. The molecular formula is C12H15N3O. The highest BCUT2D eigenvalue weighted by Crippen LogP contribution is 2.18. The molecule has 0 saturated heterocycles. The van der Waals surface area contributed by atoms with Gasteiger partial charge in [0, 0.05) is 25.9 Å². The summed E-state index contributed by atoms with van der Waals surface area (Å²) in [6, 6.07) is 5.12. The summed E-state index contributed by atoms with van der Waals surface area (Å²) < 4.78 is 0. The van der Waals surface area contributed by atoms with Crippen LogP contribution in [0.2, 0.25) is 0 Å². The van der Waals surface area contributed by atoms with Crippen molar-refractivity contribution >= 4 is 5.91 Å². The monoisotopic (exact) mass is 217 g/mol. The second-order valence-corrected chi connectivity index (χ2v) is 3.57. The zero-order valence-corrected chi connectivity index (χ0v) is 9.55. The lowest BCUT2D eigenvalue weighted by atomic mass is 10.1. The predicted molar refractivity (Wildman–Crippen MR) is 60.3 cm³/mol. The Morgan fingerprint density at radius 3 is 2.69 bits per heavy atom. The zero-order valence-electron chi connectivity index (χ0n) is 9.55. The molecule has 0 aromatic carbocycles. The van der Waals surface area contributed by atoms with E-state index in [0.717, 1.165) is 12.0 Å². The van der Waals surface area contributed by atoms with Crippen molar-refractivity contribution in [3.63, 3.8) is 0 Å². The zero-order chi connectivity index (χ0) is 12.0. The normalized spacial score (nSPS) is 11.6. The minimum absolute atomic E-state index is 0.00846. The van der Waals surface area contributed by atoms with Gasteiger partial charge in [0.2, 0.25) is 5.91 Å². The quantitative estimate of drug-likeness (QED) is 0.774. The van der Waals surface area contributed by atoms with Crippen LogP contribution in [-0.2, 0) is 4.79 Å². The van der Waals surface area contributed by atoms with Crippen LogP contribution in [0.3, 0.4) is 0 Å². The standard InChI is InChI=1S/C12H15N3O/c1-3-4-12(16)15(2)11(9-13)10-5-7-14-8-6-10/h5-8,11H,3-4H2,1-2H3. The lowest BCUT2D eigenvalue weighted by Crippen LogP contribution is -2.30. The van der Waals surface area contributed by atoms with Gasteiger partial charge in [-0.1, -0.05) is 6.92 Å². The number of rotatable bonds is 4. The minimum atomic E-state index is -0.526. The Hall–Kier alpha value is -1.89. The molecule has 1 unspecified atom stereocenters. The molecular weight excluding hydrogens is 202 g/mol. The number of amides is 1. The van der Waals surface area contributed by atoms with E-state index in [4.69, 9.17) is 5.26 Å². The average molecular weight is 217 g/mol. The fourth-order valence-electron chi connectivity index (χ4n) is 1.46. The van der Waals surface area contributed by atoms with Crippen molar-refractivity contribution in [3.8, 4) is 6.07 Å². The van der Waals surface area contributed by atoms with Gasteiger partial charge in [0.05, 0.1) is 6.07 Å². The van der Waals surface area contributed by atoms with Gasteiger partial charge in [-0.25, -0.2) is 0 Å². The van der Waals surface area contributed by atoms with Crippen molar-refractivity contribution in [2.24, 2.45) is 0 Å². The van der Waals surface area contributed by atoms with Crippen LogP contribution in [0.1, 0.15) is 31.4 Å². The van der Waals surface area contributed by atoms with Crippen molar-refractivity contribution in [2.75, 3.05) is 7.05 Å². The van der Waals surface area contributed by atoms with Crippen LogP contribution in [0.15, 0.2) is 24.5 Å². The van der Waals surface area contributed by atoms with Crippen molar-refractivity contribution in [3.05, 3.63) is 30.1 Å². The van der Waals surface area contributed by atoms with Crippen molar-refractivity contribution in [1.29, 1.82) is 5.26 Å². The average Bonchev–Trinajstić information content (AvgIpc) is 2.31. The molecule has 0 spiro atoms. The summed E-state index contributed by atoms with van der Waals surface area (Å²) in [4.78, 5) is 17.1. The van der Waals surface area contributed by atoms with E-state index >= 15 is 0 Å². The van der Waals surface area contributed by atoms with Crippen molar-refractivity contribution < 1.29 is 4.79 Å². The van der Waals surface area contributed by atoms with E-state index in [9.17, 15) is 4.79 Å². The molecule has 1 rings (SSSR count). The van der Waals surface area contributed by atoms with E-state index in [-0.39, 0.29) is 5.91 Å². The molecule has 0 aliphatic heterocycles. The van der Waals surface area contributed by atoms with Crippen LogP contribution in [0.5, 0.6) is 0 Å².